The molecule has 0 bridgehead atoms. The number of sulfone groups is 1. The molecule has 1 atom stereocenters. The topological polar surface area (TPSA) is 83.5 Å². The maximum atomic E-state index is 11.9. The summed E-state index contributed by atoms with van der Waals surface area (Å²) in [6.45, 7) is 1.63. The fourth-order valence-corrected chi connectivity index (χ4v) is 3.02. The number of carbonyl (C=O) groups excluding carboxylic acids is 1. The first-order valence-corrected chi connectivity index (χ1v) is 7.11. The highest BCUT2D eigenvalue weighted by atomic mass is 32.2. The number of phenolic OH excluding ortho intramolecular Hbond substituents is 1. The monoisotopic (exact) mass is 267 g/mol. The van der Waals surface area contributed by atoms with Crippen LogP contribution in [0.25, 0.3) is 0 Å². The van der Waals surface area contributed by atoms with Gasteiger partial charge in [-0.2, -0.15) is 0 Å². The van der Waals surface area contributed by atoms with Gasteiger partial charge in [-0.05, 0) is 25.1 Å². The minimum Gasteiger partial charge on any atom is -0.508 e. The van der Waals surface area contributed by atoms with E-state index in [-0.39, 0.29) is 11.5 Å². The minimum atomic E-state index is -3.19. The molecule has 1 amide bonds. The summed E-state index contributed by atoms with van der Waals surface area (Å²) in [6, 6.07) is 4.13. The van der Waals surface area contributed by atoms with Crippen LogP contribution in [0.15, 0.2) is 29.7 Å². The van der Waals surface area contributed by atoms with Crippen LogP contribution in [0, 0.1) is 6.92 Å². The molecule has 1 aromatic rings. The summed E-state index contributed by atoms with van der Waals surface area (Å²) in [6.07, 6.45) is 1.45. The number of benzene rings is 1. The number of amides is 1. The summed E-state index contributed by atoms with van der Waals surface area (Å²) in [7, 11) is -3.19. The molecule has 1 aliphatic heterocycles. The van der Waals surface area contributed by atoms with Gasteiger partial charge >= 0.3 is 0 Å². The lowest BCUT2D eigenvalue weighted by atomic mass is 10.1. The van der Waals surface area contributed by atoms with Gasteiger partial charge in [0.25, 0.3) is 5.91 Å². The van der Waals surface area contributed by atoms with Crippen LogP contribution in [0.4, 0.5) is 0 Å². The Bertz CT molecular complexity index is 619. The smallest absolute Gasteiger partial charge is 0.252 e. The van der Waals surface area contributed by atoms with Crippen molar-refractivity contribution in [3.63, 3.8) is 0 Å². The first-order chi connectivity index (χ1) is 8.39. The zero-order valence-corrected chi connectivity index (χ0v) is 10.6. The van der Waals surface area contributed by atoms with E-state index in [1.165, 1.54) is 12.1 Å². The van der Waals surface area contributed by atoms with E-state index in [1.807, 2.05) is 0 Å². The largest absolute Gasteiger partial charge is 0.508 e. The molecule has 0 saturated carbocycles. The zero-order valence-electron chi connectivity index (χ0n) is 9.75. The van der Waals surface area contributed by atoms with Crippen molar-refractivity contribution in [3.8, 4) is 5.75 Å². The number of rotatable bonds is 2. The molecular formula is C12H13NO4S. The zero-order chi connectivity index (χ0) is 13.3. The van der Waals surface area contributed by atoms with E-state index in [4.69, 9.17) is 0 Å². The second kappa shape index (κ2) is 4.45. The van der Waals surface area contributed by atoms with Crippen molar-refractivity contribution in [3.05, 3.63) is 40.8 Å². The number of hydrogen-bond donors (Lipinski definition) is 2. The van der Waals surface area contributed by atoms with Gasteiger partial charge in [0.1, 0.15) is 5.75 Å². The molecule has 0 spiro atoms. The van der Waals surface area contributed by atoms with Crippen molar-refractivity contribution >= 4 is 15.7 Å². The SMILES string of the molecule is Cc1c(O)cccc1C(=O)NC1C=CS(=O)(=O)C1. The highest BCUT2D eigenvalue weighted by Crippen LogP contribution is 2.19. The van der Waals surface area contributed by atoms with Crippen LogP contribution in [0.2, 0.25) is 0 Å². The third-order valence-corrected chi connectivity index (χ3v) is 4.19. The maximum absolute atomic E-state index is 11.9. The molecule has 0 aromatic heterocycles. The summed E-state index contributed by atoms with van der Waals surface area (Å²) in [5.74, 6) is -0.469. The molecule has 18 heavy (non-hydrogen) atoms. The summed E-state index contributed by atoms with van der Waals surface area (Å²) in [5.41, 5.74) is 0.813. The lowest BCUT2D eigenvalue weighted by Crippen LogP contribution is -2.35. The van der Waals surface area contributed by atoms with Gasteiger partial charge in [-0.15, -0.1) is 0 Å². The number of nitrogens with one attached hydrogen (secondary N) is 1. The molecule has 1 aromatic carbocycles. The number of aromatic hydroxyl groups is 1. The van der Waals surface area contributed by atoms with Gasteiger partial charge in [-0.3, -0.25) is 4.79 Å². The fourth-order valence-electron chi connectivity index (χ4n) is 1.78. The van der Waals surface area contributed by atoms with Crippen LogP contribution in [0.5, 0.6) is 5.75 Å². The summed E-state index contributed by atoms with van der Waals surface area (Å²) < 4.78 is 22.4. The highest BCUT2D eigenvalue weighted by Gasteiger charge is 2.24. The lowest BCUT2D eigenvalue weighted by molar-refractivity contribution is 0.0946. The predicted molar refractivity (Wildman–Crippen MR) is 67.0 cm³/mol. The van der Waals surface area contributed by atoms with E-state index >= 15 is 0 Å². The van der Waals surface area contributed by atoms with Crippen molar-refractivity contribution in [2.45, 2.75) is 13.0 Å². The second-order valence-corrected chi connectivity index (χ2v) is 6.12. The molecule has 2 rings (SSSR count). The Morgan fingerprint density at radius 3 is 2.78 bits per heavy atom. The molecule has 1 heterocycles. The Morgan fingerprint density at radius 2 is 2.17 bits per heavy atom. The van der Waals surface area contributed by atoms with Gasteiger partial charge in [-0.1, -0.05) is 6.07 Å². The van der Waals surface area contributed by atoms with Crippen LogP contribution >= 0.6 is 0 Å². The van der Waals surface area contributed by atoms with E-state index in [0.29, 0.717) is 11.1 Å². The number of hydrogen-bond acceptors (Lipinski definition) is 4. The first-order valence-electron chi connectivity index (χ1n) is 5.39. The van der Waals surface area contributed by atoms with E-state index in [0.717, 1.165) is 5.41 Å². The molecule has 1 unspecified atom stereocenters. The normalized spacial score (nSPS) is 20.8. The molecule has 2 N–H and O–H groups in total. The van der Waals surface area contributed by atoms with E-state index in [9.17, 15) is 18.3 Å². The Kier molecular flexibility index (Phi) is 3.13. The van der Waals surface area contributed by atoms with Crippen LogP contribution < -0.4 is 5.32 Å². The van der Waals surface area contributed by atoms with E-state index in [1.54, 1.807) is 19.1 Å². The van der Waals surface area contributed by atoms with E-state index in [2.05, 4.69) is 5.32 Å². The van der Waals surface area contributed by atoms with Gasteiger partial charge in [0.2, 0.25) is 0 Å². The molecule has 1 aliphatic rings. The highest BCUT2D eigenvalue weighted by molar-refractivity contribution is 7.94. The van der Waals surface area contributed by atoms with Crippen molar-refractivity contribution in [2.75, 3.05) is 5.75 Å². The second-order valence-electron chi connectivity index (χ2n) is 4.19. The Labute approximate surface area is 105 Å². The quantitative estimate of drug-likeness (QED) is 0.828. The lowest BCUT2D eigenvalue weighted by Gasteiger charge is -2.12. The van der Waals surface area contributed by atoms with Gasteiger partial charge in [0.15, 0.2) is 9.84 Å². The third kappa shape index (κ3) is 2.53. The van der Waals surface area contributed by atoms with E-state index < -0.39 is 21.8 Å². The van der Waals surface area contributed by atoms with Crippen molar-refractivity contribution in [2.24, 2.45) is 0 Å². The Morgan fingerprint density at radius 1 is 1.44 bits per heavy atom. The van der Waals surface area contributed by atoms with Gasteiger partial charge in [0, 0.05) is 16.5 Å². The molecule has 0 saturated heterocycles. The Balaban J connectivity index is 2.14. The molecule has 5 nitrogen and oxygen atoms in total. The van der Waals surface area contributed by atoms with Crippen molar-refractivity contribution < 1.29 is 18.3 Å². The minimum absolute atomic E-state index is 0.0391. The average Bonchev–Trinajstić information content (AvgIpc) is 2.62. The molecule has 0 aliphatic carbocycles. The van der Waals surface area contributed by atoms with Crippen LogP contribution in [-0.2, 0) is 9.84 Å². The molecule has 0 fully saturated rings. The summed E-state index contributed by atoms with van der Waals surface area (Å²) in [5, 5.41) is 13.2. The maximum Gasteiger partial charge on any atom is 0.252 e. The van der Waals surface area contributed by atoms with Crippen molar-refractivity contribution in [1.29, 1.82) is 0 Å². The Hall–Kier alpha value is -1.82. The van der Waals surface area contributed by atoms with Crippen LogP contribution in [0.3, 0.4) is 0 Å². The van der Waals surface area contributed by atoms with Gasteiger partial charge in [0.05, 0.1) is 11.8 Å². The summed E-state index contributed by atoms with van der Waals surface area (Å²) in [4.78, 5) is 11.9. The molecule has 6 heteroatoms. The summed E-state index contributed by atoms with van der Waals surface area (Å²) >= 11 is 0. The van der Waals surface area contributed by atoms with Crippen molar-refractivity contribution in [1.82, 2.24) is 5.32 Å². The van der Waals surface area contributed by atoms with Crippen LogP contribution in [0.1, 0.15) is 15.9 Å². The number of phenols is 1. The van der Waals surface area contributed by atoms with Crippen LogP contribution in [-0.4, -0.2) is 31.2 Å². The molecule has 0 radical (unpaired) electrons. The fraction of sp³-hybridized carbons (Fsp3) is 0.250. The van der Waals surface area contributed by atoms with Gasteiger partial charge < -0.3 is 10.4 Å². The first kappa shape index (κ1) is 12.6. The molecular weight excluding hydrogens is 254 g/mol. The standard InChI is InChI=1S/C12H13NO4S/c1-8-10(3-2-4-11(8)14)12(15)13-9-5-6-18(16,17)7-9/h2-6,9,14H,7H2,1H3,(H,13,15). The number of carbonyl (C=O) groups is 1. The molecule has 96 valence electrons. The third-order valence-electron chi connectivity index (χ3n) is 2.80. The predicted octanol–water partition coefficient (Wildman–Crippen LogP) is 0.741. The van der Waals surface area contributed by atoms with Gasteiger partial charge in [-0.25, -0.2) is 8.42 Å². The average molecular weight is 267 g/mol.